The predicted octanol–water partition coefficient (Wildman–Crippen LogP) is 4.14. The van der Waals surface area contributed by atoms with E-state index in [0.29, 0.717) is 24.0 Å². The number of amides is 2. The van der Waals surface area contributed by atoms with Crippen molar-refractivity contribution in [2.24, 2.45) is 5.92 Å². The van der Waals surface area contributed by atoms with Crippen LogP contribution in [0.25, 0.3) is 16.8 Å². The molecule has 0 aliphatic rings. The number of hydrogen-bond donors (Lipinski definition) is 1. The average Bonchev–Trinajstić information content (AvgIpc) is 2.86. The molecule has 1 atom stereocenters. The number of nitro groups is 1. The van der Waals surface area contributed by atoms with Crippen LogP contribution in [0.2, 0.25) is 0 Å². The number of nitro benzene ring substituents is 1. The number of hydrogen-bond acceptors (Lipinski definition) is 6. The van der Waals surface area contributed by atoms with Gasteiger partial charge in [-0.05, 0) is 60.9 Å². The normalized spacial score (nSPS) is 12.4. The van der Waals surface area contributed by atoms with Gasteiger partial charge in [0.15, 0.2) is 0 Å². The van der Waals surface area contributed by atoms with Crippen LogP contribution < -0.4 is 4.72 Å². The molecule has 0 heterocycles. The second-order valence-electron chi connectivity index (χ2n) is 8.03. The maximum Gasteiger partial charge on any atom is 0.269 e. The molecule has 0 radical (unpaired) electrons. The number of non-ortho nitro benzene ring substituents is 1. The van der Waals surface area contributed by atoms with E-state index in [0.717, 1.165) is 5.39 Å². The zero-order valence-electron chi connectivity index (χ0n) is 20.0. The van der Waals surface area contributed by atoms with Gasteiger partial charge in [0, 0.05) is 25.2 Å². The van der Waals surface area contributed by atoms with E-state index < -0.39 is 32.7 Å². The first kappa shape index (κ1) is 26.6. The van der Waals surface area contributed by atoms with Crippen LogP contribution in [0, 0.1) is 16.0 Å². The van der Waals surface area contributed by atoms with E-state index >= 15 is 0 Å². The molecule has 0 spiro atoms. The van der Waals surface area contributed by atoms with Crippen LogP contribution in [-0.2, 0) is 19.6 Å². The van der Waals surface area contributed by atoms with E-state index in [1.165, 1.54) is 29.2 Å². The van der Waals surface area contributed by atoms with Crippen molar-refractivity contribution < 1.29 is 22.9 Å². The lowest BCUT2D eigenvalue weighted by Gasteiger charge is -2.24. The molecule has 10 heteroatoms. The second kappa shape index (κ2) is 11.6. The fraction of sp³-hybridized carbons (Fsp3) is 0.231. The summed E-state index contributed by atoms with van der Waals surface area (Å²) in [5.74, 6) is -2.68. The monoisotopic (exact) mass is 509 g/mol. The van der Waals surface area contributed by atoms with Crippen LogP contribution >= 0.6 is 0 Å². The first-order chi connectivity index (χ1) is 17.2. The molecular formula is C26H27N3O6S. The van der Waals surface area contributed by atoms with Gasteiger partial charge in [0.2, 0.25) is 11.8 Å². The molecule has 0 aliphatic carbocycles. The molecular weight excluding hydrogens is 482 g/mol. The Labute approximate surface area is 209 Å². The zero-order chi connectivity index (χ0) is 26.3. The number of rotatable bonds is 10. The summed E-state index contributed by atoms with van der Waals surface area (Å²) in [7, 11) is -4.22. The van der Waals surface area contributed by atoms with Crippen LogP contribution in [0.1, 0.15) is 25.8 Å². The van der Waals surface area contributed by atoms with Gasteiger partial charge in [-0.25, -0.2) is 13.1 Å². The lowest BCUT2D eigenvalue weighted by atomic mass is 10.0. The molecule has 0 aromatic heterocycles. The smallest absolute Gasteiger partial charge is 0.269 e. The van der Waals surface area contributed by atoms with Gasteiger partial charge in [-0.3, -0.25) is 19.7 Å². The van der Waals surface area contributed by atoms with Gasteiger partial charge in [-0.2, -0.15) is 0 Å². The molecule has 36 heavy (non-hydrogen) atoms. The van der Waals surface area contributed by atoms with Crippen molar-refractivity contribution >= 4 is 44.4 Å². The fourth-order valence-corrected chi connectivity index (χ4v) is 4.77. The third-order valence-corrected chi connectivity index (χ3v) is 7.09. The molecule has 3 aromatic rings. The van der Waals surface area contributed by atoms with Gasteiger partial charge < -0.3 is 4.90 Å². The number of benzene rings is 3. The second-order valence-corrected chi connectivity index (χ2v) is 9.71. The number of allylic oxidation sites excluding steroid dienone is 1. The first-order valence-corrected chi connectivity index (χ1v) is 12.9. The number of carbonyl (C=O) groups is 2. The summed E-state index contributed by atoms with van der Waals surface area (Å²) >= 11 is 0. The van der Waals surface area contributed by atoms with Gasteiger partial charge in [-0.1, -0.05) is 42.5 Å². The SMILES string of the molecule is CCN(CC)C(=O)C(C/C=C/c1ccc([N+](=O)[O-])cc1)C(=O)NS(=O)(=O)c1ccc2ccccc2c1. The Morgan fingerprint density at radius 1 is 1.00 bits per heavy atom. The van der Waals surface area contributed by atoms with E-state index in [2.05, 4.69) is 4.72 Å². The van der Waals surface area contributed by atoms with Crippen molar-refractivity contribution in [2.75, 3.05) is 13.1 Å². The minimum Gasteiger partial charge on any atom is -0.343 e. The topological polar surface area (TPSA) is 127 Å². The molecule has 9 nitrogen and oxygen atoms in total. The largest absolute Gasteiger partial charge is 0.343 e. The van der Waals surface area contributed by atoms with Crippen molar-refractivity contribution in [3.8, 4) is 0 Å². The highest BCUT2D eigenvalue weighted by atomic mass is 32.2. The summed E-state index contributed by atoms with van der Waals surface area (Å²) in [6.45, 7) is 4.27. The molecule has 0 saturated carbocycles. The molecule has 188 valence electrons. The van der Waals surface area contributed by atoms with Crippen LogP contribution in [0.4, 0.5) is 5.69 Å². The number of sulfonamides is 1. The van der Waals surface area contributed by atoms with E-state index in [1.807, 2.05) is 12.1 Å². The first-order valence-electron chi connectivity index (χ1n) is 11.4. The standard InChI is InChI=1S/C26H27N3O6S/c1-3-28(4-2)26(31)24(11-7-8-19-12-15-22(16-13-19)29(32)33)25(30)27-36(34,35)23-17-14-20-9-5-6-10-21(20)18-23/h5-10,12-18,24H,3-4,11H2,1-2H3,(H,27,30)/b8-7+. The van der Waals surface area contributed by atoms with Gasteiger partial charge in [0.05, 0.1) is 9.82 Å². The molecule has 1 unspecified atom stereocenters. The van der Waals surface area contributed by atoms with E-state index in [4.69, 9.17) is 0 Å². The van der Waals surface area contributed by atoms with Crippen molar-refractivity contribution in [3.63, 3.8) is 0 Å². The highest BCUT2D eigenvalue weighted by Gasteiger charge is 2.32. The highest BCUT2D eigenvalue weighted by Crippen LogP contribution is 2.20. The van der Waals surface area contributed by atoms with E-state index in [9.17, 15) is 28.1 Å². The fourth-order valence-electron chi connectivity index (χ4n) is 3.72. The summed E-state index contributed by atoms with van der Waals surface area (Å²) in [5.41, 5.74) is 0.582. The van der Waals surface area contributed by atoms with Crippen LogP contribution in [0.15, 0.2) is 77.7 Å². The lowest BCUT2D eigenvalue weighted by molar-refractivity contribution is -0.384. The van der Waals surface area contributed by atoms with Crippen LogP contribution in [0.3, 0.4) is 0 Å². The summed E-state index contributed by atoms with van der Waals surface area (Å²) in [6.07, 6.45) is 3.15. The third kappa shape index (κ3) is 6.33. The van der Waals surface area contributed by atoms with Crippen molar-refractivity contribution in [2.45, 2.75) is 25.2 Å². The maximum atomic E-state index is 13.1. The van der Waals surface area contributed by atoms with Crippen LogP contribution in [0.5, 0.6) is 0 Å². The Morgan fingerprint density at radius 3 is 2.25 bits per heavy atom. The predicted molar refractivity (Wildman–Crippen MR) is 137 cm³/mol. The van der Waals surface area contributed by atoms with Gasteiger partial charge >= 0.3 is 0 Å². The molecule has 1 N–H and O–H groups in total. The number of nitrogens with zero attached hydrogens (tertiary/aromatic N) is 2. The molecule has 0 saturated heterocycles. The number of carbonyl (C=O) groups excluding carboxylic acids is 2. The molecule has 3 rings (SSSR count). The molecule has 0 bridgehead atoms. The third-order valence-electron chi connectivity index (χ3n) is 5.74. The van der Waals surface area contributed by atoms with Gasteiger partial charge in [0.25, 0.3) is 15.7 Å². The van der Waals surface area contributed by atoms with Crippen LogP contribution in [-0.4, -0.2) is 43.1 Å². The Balaban J connectivity index is 1.82. The highest BCUT2D eigenvalue weighted by molar-refractivity contribution is 7.90. The van der Waals surface area contributed by atoms with Crippen molar-refractivity contribution in [3.05, 3.63) is 88.5 Å². The zero-order valence-corrected chi connectivity index (χ0v) is 20.8. The molecule has 2 amide bonds. The summed E-state index contributed by atoms with van der Waals surface area (Å²) in [5, 5.41) is 12.4. The Kier molecular flexibility index (Phi) is 8.55. The lowest BCUT2D eigenvalue weighted by Crippen LogP contribution is -2.45. The van der Waals surface area contributed by atoms with Crippen molar-refractivity contribution in [1.29, 1.82) is 0 Å². The summed E-state index contributed by atoms with van der Waals surface area (Å²) in [6, 6.07) is 17.6. The Hall–Kier alpha value is -4.05. The average molecular weight is 510 g/mol. The Bertz CT molecular complexity index is 1400. The summed E-state index contributed by atoms with van der Waals surface area (Å²) in [4.78, 5) is 37.9. The number of nitrogens with one attached hydrogen (secondary N) is 1. The van der Waals surface area contributed by atoms with E-state index in [1.54, 1.807) is 56.3 Å². The molecule has 0 fully saturated rings. The number of fused-ring (bicyclic) bond motifs is 1. The molecule has 0 aliphatic heterocycles. The minimum atomic E-state index is -4.22. The minimum absolute atomic E-state index is 0.0502. The summed E-state index contributed by atoms with van der Waals surface area (Å²) < 4.78 is 28.0. The maximum absolute atomic E-state index is 13.1. The Morgan fingerprint density at radius 2 is 1.64 bits per heavy atom. The van der Waals surface area contributed by atoms with Gasteiger partial charge in [-0.15, -0.1) is 0 Å². The molecule has 3 aromatic carbocycles. The van der Waals surface area contributed by atoms with Crippen molar-refractivity contribution in [1.82, 2.24) is 9.62 Å². The van der Waals surface area contributed by atoms with Gasteiger partial charge in [0.1, 0.15) is 5.92 Å². The quantitative estimate of drug-likeness (QED) is 0.249. The van der Waals surface area contributed by atoms with E-state index in [-0.39, 0.29) is 17.0 Å².